The molecule has 0 aromatic heterocycles. The molecule has 1 aliphatic heterocycles. The minimum atomic E-state index is -0.226. The van der Waals surface area contributed by atoms with E-state index in [2.05, 4.69) is 5.32 Å². The Hall–Kier alpha value is -1.42. The van der Waals surface area contributed by atoms with Crippen molar-refractivity contribution in [1.29, 1.82) is 0 Å². The Bertz CT molecular complexity index is 510. The summed E-state index contributed by atoms with van der Waals surface area (Å²) in [6.07, 6.45) is 6.17. The fourth-order valence-electron chi connectivity index (χ4n) is 3.28. The van der Waals surface area contributed by atoms with E-state index in [9.17, 15) is 9.18 Å². The van der Waals surface area contributed by atoms with E-state index in [4.69, 9.17) is 0 Å². The average molecular weight is 304 g/mol. The second-order valence-corrected chi connectivity index (χ2v) is 6.61. The van der Waals surface area contributed by atoms with E-state index in [0.717, 1.165) is 37.9 Å². The summed E-state index contributed by atoms with van der Waals surface area (Å²) in [6.45, 7) is 2.70. The van der Waals surface area contributed by atoms with E-state index in [1.807, 2.05) is 11.0 Å². The van der Waals surface area contributed by atoms with Gasteiger partial charge in [-0.2, -0.15) is 0 Å². The van der Waals surface area contributed by atoms with Gasteiger partial charge >= 0.3 is 0 Å². The Kier molecular flexibility index (Phi) is 5.08. The van der Waals surface area contributed by atoms with Crippen molar-refractivity contribution < 1.29 is 9.18 Å². The van der Waals surface area contributed by atoms with Crippen molar-refractivity contribution in [2.45, 2.75) is 51.1 Å². The van der Waals surface area contributed by atoms with Gasteiger partial charge in [-0.25, -0.2) is 4.39 Å². The zero-order valence-corrected chi connectivity index (χ0v) is 13.1. The highest BCUT2D eigenvalue weighted by Gasteiger charge is 2.32. The molecule has 0 radical (unpaired) electrons. The summed E-state index contributed by atoms with van der Waals surface area (Å²) < 4.78 is 13.3. The lowest BCUT2D eigenvalue weighted by atomic mass is 9.93. The first kappa shape index (κ1) is 15.5. The summed E-state index contributed by atoms with van der Waals surface area (Å²) in [5, 5.41) is 3.36. The second kappa shape index (κ2) is 7.23. The molecule has 1 amide bonds. The van der Waals surface area contributed by atoms with Crippen molar-refractivity contribution in [3.63, 3.8) is 0 Å². The van der Waals surface area contributed by atoms with Crippen LogP contribution in [-0.4, -0.2) is 29.9 Å². The zero-order chi connectivity index (χ0) is 15.4. The summed E-state index contributed by atoms with van der Waals surface area (Å²) >= 11 is 0. The molecule has 1 saturated heterocycles. The smallest absolute Gasteiger partial charge is 0.223 e. The number of piperidine rings is 1. The van der Waals surface area contributed by atoms with Gasteiger partial charge in [0.05, 0.1) is 0 Å². The number of benzene rings is 1. The van der Waals surface area contributed by atoms with Gasteiger partial charge in [0.1, 0.15) is 5.82 Å². The molecular formula is C18H25FN2O. The molecule has 0 spiro atoms. The Morgan fingerprint density at radius 3 is 2.68 bits per heavy atom. The first-order valence-electron chi connectivity index (χ1n) is 8.47. The summed E-state index contributed by atoms with van der Waals surface area (Å²) in [5.74, 6) is 0.695. The summed E-state index contributed by atoms with van der Waals surface area (Å²) in [4.78, 5) is 14.5. The van der Waals surface area contributed by atoms with Crippen LogP contribution >= 0.6 is 0 Å². The molecule has 4 heteroatoms. The topological polar surface area (TPSA) is 32.3 Å². The number of hydrogen-bond donors (Lipinski definition) is 1. The van der Waals surface area contributed by atoms with E-state index in [1.165, 1.54) is 25.0 Å². The maximum Gasteiger partial charge on any atom is 0.223 e. The van der Waals surface area contributed by atoms with Crippen molar-refractivity contribution in [2.24, 2.45) is 5.92 Å². The lowest BCUT2D eigenvalue weighted by Crippen LogP contribution is -2.33. The molecule has 22 heavy (non-hydrogen) atoms. The highest BCUT2D eigenvalue weighted by atomic mass is 19.1. The number of rotatable bonds is 6. The molecule has 1 aromatic carbocycles. The molecule has 3 rings (SSSR count). The summed E-state index contributed by atoms with van der Waals surface area (Å²) in [6, 6.07) is 6.98. The molecule has 0 atom stereocenters. The Morgan fingerprint density at radius 2 is 2.00 bits per heavy atom. The van der Waals surface area contributed by atoms with Crippen LogP contribution < -0.4 is 5.32 Å². The molecule has 2 fully saturated rings. The number of nitrogens with zero attached hydrogens (tertiary/aromatic N) is 1. The van der Waals surface area contributed by atoms with Crippen LogP contribution in [-0.2, 0) is 11.3 Å². The van der Waals surface area contributed by atoms with Crippen LogP contribution in [0.15, 0.2) is 24.3 Å². The molecule has 0 bridgehead atoms. The highest BCUT2D eigenvalue weighted by molar-refractivity contribution is 5.76. The van der Waals surface area contributed by atoms with Gasteiger partial charge in [-0.3, -0.25) is 4.79 Å². The molecule has 0 unspecified atom stereocenters. The van der Waals surface area contributed by atoms with Crippen LogP contribution in [0.4, 0.5) is 4.39 Å². The lowest BCUT2D eigenvalue weighted by molar-refractivity contribution is -0.132. The molecular weight excluding hydrogens is 279 g/mol. The first-order valence-corrected chi connectivity index (χ1v) is 8.47. The maximum atomic E-state index is 13.3. The van der Waals surface area contributed by atoms with Crippen LogP contribution in [0.1, 0.15) is 44.1 Å². The van der Waals surface area contributed by atoms with Crippen molar-refractivity contribution in [3.8, 4) is 0 Å². The molecule has 1 saturated carbocycles. The van der Waals surface area contributed by atoms with Gasteiger partial charge in [0.15, 0.2) is 0 Å². The predicted molar refractivity (Wildman–Crippen MR) is 84.8 cm³/mol. The third-order valence-electron chi connectivity index (χ3n) is 4.78. The van der Waals surface area contributed by atoms with Crippen LogP contribution in [0, 0.1) is 11.7 Å². The average Bonchev–Trinajstić information content (AvgIpc) is 3.36. The van der Waals surface area contributed by atoms with Gasteiger partial charge in [0, 0.05) is 19.0 Å². The molecule has 1 aliphatic carbocycles. The summed E-state index contributed by atoms with van der Waals surface area (Å²) in [5.41, 5.74) is 0.891. The third-order valence-corrected chi connectivity index (χ3v) is 4.78. The third kappa shape index (κ3) is 4.29. The van der Waals surface area contributed by atoms with Crippen LogP contribution in [0.5, 0.6) is 0 Å². The monoisotopic (exact) mass is 304 g/mol. The maximum absolute atomic E-state index is 13.3. The fourth-order valence-corrected chi connectivity index (χ4v) is 3.28. The highest BCUT2D eigenvalue weighted by Crippen LogP contribution is 2.30. The van der Waals surface area contributed by atoms with Gasteiger partial charge in [-0.15, -0.1) is 0 Å². The van der Waals surface area contributed by atoms with Crippen molar-refractivity contribution in [2.75, 3.05) is 13.1 Å². The Balaban J connectivity index is 1.55. The van der Waals surface area contributed by atoms with Crippen molar-refractivity contribution >= 4 is 5.91 Å². The van der Waals surface area contributed by atoms with E-state index in [-0.39, 0.29) is 11.7 Å². The Morgan fingerprint density at radius 1 is 1.23 bits per heavy atom. The SMILES string of the molecule is O=C(CCC1CCNCC1)N(Cc1cccc(F)c1)C1CC1. The molecule has 120 valence electrons. The molecule has 2 aliphatic rings. The molecule has 1 aromatic rings. The number of amides is 1. The standard InChI is InChI=1S/C18H25FN2O/c19-16-3-1-2-15(12-16)13-21(17-5-6-17)18(22)7-4-14-8-10-20-11-9-14/h1-3,12,14,17,20H,4-11,13H2. The number of carbonyl (C=O) groups excluding carboxylic acids is 1. The van der Waals surface area contributed by atoms with E-state index >= 15 is 0 Å². The summed E-state index contributed by atoms with van der Waals surface area (Å²) in [7, 11) is 0. The fraction of sp³-hybridized carbons (Fsp3) is 0.611. The second-order valence-electron chi connectivity index (χ2n) is 6.61. The minimum absolute atomic E-state index is 0.226. The number of nitrogens with one attached hydrogen (secondary N) is 1. The molecule has 1 N–H and O–H groups in total. The van der Waals surface area contributed by atoms with E-state index in [0.29, 0.717) is 24.9 Å². The normalized spacial score (nSPS) is 19.1. The molecule has 3 nitrogen and oxygen atoms in total. The van der Waals surface area contributed by atoms with Crippen molar-refractivity contribution in [1.82, 2.24) is 10.2 Å². The van der Waals surface area contributed by atoms with Gasteiger partial charge in [-0.1, -0.05) is 12.1 Å². The van der Waals surface area contributed by atoms with Gasteiger partial charge in [0.25, 0.3) is 0 Å². The van der Waals surface area contributed by atoms with Crippen LogP contribution in [0.3, 0.4) is 0 Å². The quantitative estimate of drug-likeness (QED) is 0.876. The number of halogens is 1. The predicted octanol–water partition coefficient (Wildman–Crippen LogP) is 3.10. The van der Waals surface area contributed by atoms with Crippen molar-refractivity contribution in [3.05, 3.63) is 35.6 Å². The van der Waals surface area contributed by atoms with Crippen LogP contribution in [0.2, 0.25) is 0 Å². The number of hydrogen-bond acceptors (Lipinski definition) is 2. The number of carbonyl (C=O) groups is 1. The van der Waals surface area contributed by atoms with E-state index < -0.39 is 0 Å². The Labute approximate surface area is 131 Å². The molecule has 1 heterocycles. The van der Waals surface area contributed by atoms with Gasteiger partial charge in [0.2, 0.25) is 5.91 Å². The van der Waals surface area contributed by atoms with Gasteiger partial charge in [-0.05, 0) is 68.8 Å². The van der Waals surface area contributed by atoms with Crippen LogP contribution in [0.25, 0.3) is 0 Å². The largest absolute Gasteiger partial charge is 0.335 e. The van der Waals surface area contributed by atoms with E-state index in [1.54, 1.807) is 6.07 Å². The minimum Gasteiger partial charge on any atom is -0.335 e. The zero-order valence-electron chi connectivity index (χ0n) is 13.1. The first-order chi connectivity index (χ1) is 10.7. The lowest BCUT2D eigenvalue weighted by Gasteiger charge is -2.26. The van der Waals surface area contributed by atoms with Gasteiger partial charge < -0.3 is 10.2 Å².